The second-order valence-corrected chi connectivity index (χ2v) is 10.5. The minimum Gasteiger partial charge on any atom is -0.466 e. The Morgan fingerprint density at radius 1 is 1.35 bits per heavy atom. The molecule has 2 heterocycles. The Kier molecular flexibility index (Phi) is 8.95. The number of azide groups is 1. The van der Waals surface area contributed by atoms with Gasteiger partial charge in [0.15, 0.2) is 5.72 Å². The molecule has 200 valence electrons. The highest BCUT2D eigenvalue weighted by Crippen LogP contribution is 2.52. The van der Waals surface area contributed by atoms with Crippen LogP contribution >= 0.6 is 7.60 Å². The van der Waals surface area contributed by atoms with Crippen molar-refractivity contribution in [3.05, 3.63) is 73.9 Å². The molecule has 1 unspecified atom stereocenters. The third-order valence-electron chi connectivity index (χ3n) is 5.72. The topological polar surface area (TPSA) is 195 Å². The number of aromatic amines is 1. The molecule has 3 rings (SSSR count). The van der Waals surface area contributed by atoms with Gasteiger partial charge in [-0.2, -0.15) is 0 Å². The molecule has 14 nitrogen and oxygen atoms in total. The molecule has 0 radical (unpaired) electrons. The fourth-order valence-electron chi connectivity index (χ4n) is 3.84. The molecule has 2 aromatic rings. The smallest absolute Gasteiger partial charge is 0.380 e. The number of nitrogens with one attached hydrogen (secondary N) is 1. The highest BCUT2D eigenvalue weighted by atomic mass is 31.2. The minimum absolute atomic E-state index is 0.122. The first-order chi connectivity index (χ1) is 17.5. The summed E-state index contributed by atoms with van der Waals surface area (Å²) in [5.41, 5.74) is 5.66. The summed E-state index contributed by atoms with van der Waals surface area (Å²) < 4.78 is 37.0. The monoisotopic (exact) mass is 537 g/mol. The Morgan fingerprint density at radius 2 is 2.05 bits per heavy atom. The molecular formula is C22H28N5O9P. The van der Waals surface area contributed by atoms with Crippen LogP contribution in [0.15, 0.2) is 57.3 Å². The number of aromatic nitrogens is 2. The summed E-state index contributed by atoms with van der Waals surface area (Å²) in [5.74, 6) is -2.13. The molecule has 0 aliphatic carbocycles. The van der Waals surface area contributed by atoms with E-state index in [1.807, 2.05) is 0 Å². The molecule has 2 N–H and O–H groups in total. The lowest BCUT2D eigenvalue weighted by molar-refractivity contribution is -0.146. The number of rotatable bonds is 11. The summed E-state index contributed by atoms with van der Waals surface area (Å²) in [6.45, 7) is 4.04. The van der Waals surface area contributed by atoms with E-state index in [4.69, 9.17) is 18.5 Å². The van der Waals surface area contributed by atoms with E-state index in [1.165, 1.54) is 32.2 Å². The van der Waals surface area contributed by atoms with Crippen LogP contribution in [0.4, 0.5) is 0 Å². The van der Waals surface area contributed by atoms with Crippen molar-refractivity contribution in [3.8, 4) is 5.75 Å². The molecule has 6 atom stereocenters. The van der Waals surface area contributed by atoms with Crippen molar-refractivity contribution in [2.75, 3.05) is 19.4 Å². The summed E-state index contributed by atoms with van der Waals surface area (Å²) >= 11 is 0. The Morgan fingerprint density at radius 3 is 2.68 bits per heavy atom. The van der Waals surface area contributed by atoms with E-state index in [0.29, 0.717) is 0 Å². The number of esters is 1. The lowest BCUT2D eigenvalue weighted by atomic mass is 9.98. The number of ether oxygens (including phenoxy) is 2. The molecular weight excluding hydrogens is 509 g/mol. The Labute approximate surface area is 211 Å². The van der Waals surface area contributed by atoms with E-state index in [0.717, 1.165) is 10.6 Å². The van der Waals surface area contributed by atoms with E-state index in [9.17, 15) is 29.6 Å². The van der Waals surface area contributed by atoms with Crippen LogP contribution in [0.25, 0.3) is 10.4 Å². The number of aliphatic hydroxyl groups is 1. The maximum Gasteiger partial charge on any atom is 0.380 e. The second-order valence-electron chi connectivity index (χ2n) is 8.49. The van der Waals surface area contributed by atoms with Crippen molar-refractivity contribution in [1.82, 2.24) is 9.55 Å². The Balaban J connectivity index is 1.91. The number of benzene rings is 1. The molecule has 1 fully saturated rings. The highest BCUT2D eigenvalue weighted by molar-refractivity contribution is 7.54. The number of hydrogen-bond donors (Lipinski definition) is 2. The van der Waals surface area contributed by atoms with Crippen LogP contribution < -0.4 is 15.8 Å². The van der Waals surface area contributed by atoms with Crippen molar-refractivity contribution in [3.63, 3.8) is 0 Å². The normalized spacial score (nSPS) is 25.5. The van der Waals surface area contributed by atoms with Gasteiger partial charge in [-0.3, -0.25) is 23.7 Å². The van der Waals surface area contributed by atoms with Crippen LogP contribution in [0, 0.1) is 11.8 Å². The number of carbonyl (C=O) groups is 1. The van der Waals surface area contributed by atoms with Crippen molar-refractivity contribution in [2.24, 2.45) is 17.0 Å². The molecule has 0 amide bonds. The van der Waals surface area contributed by atoms with Crippen molar-refractivity contribution in [2.45, 2.75) is 38.8 Å². The van der Waals surface area contributed by atoms with Crippen LogP contribution in [-0.2, 0) is 23.4 Å². The van der Waals surface area contributed by atoms with Gasteiger partial charge in [-0.15, -0.1) is 0 Å². The van der Waals surface area contributed by atoms with Crippen molar-refractivity contribution in [1.29, 1.82) is 0 Å². The zero-order valence-corrected chi connectivity index (χ0v) is 21.3. The number of H-pyrrole nitrogens is 1. The fraction of sp³-hybridized carbons (Fsp3) is 0.500. The molecule has 1 aliphatic rings. The molecule has 1 saturated heterocycles. The predicted octanol–water partition coefficient (Wildman–Crippen LogP) is 2.56. The fourth-order valence-corrected chi connectivity index (χ4v) is 5.72. The third kappa shape index (κ3) is 6.48. The minimum atomic E-state index is -4.14. The first-order valence-electron chi connectivity index (χ1n) is 11.4. The van der Waals surface area contributed by atoms with Gasteiger partial charge >= 0.3 is 19.3 Å². The quantitative estimate of drug-likeness (QED) is 0.142. The Hall–Kier alpha value is -3.41. The van der Waals surface area contributed by atoms with Gasteiger partial charge in [0.2, 0.25) is 0 Å². The van der Waals surface area contributed by atoms with Gasteiger partial charge < -0.3 is 19.1 Å². The predicted molar refractivity (Wildman–Crippen MR) is 130 cm³/mol. The van der Waals surface area contributed by atoms with Crippen molar-refractivity contribution >= 4 is 13.6 Å². The number of aliphatic hydroxyl groups excluding tert-OH is 1. The second kappa shape index (κ2) is 11.8. The molecule has 37 heavy (non-hydrogen) atoms. The van der Waals surface area contributed by atoms with Gasteiger partial charge in [-0.25, -0.2) is 9.36 Å². The highest BCUT2D eigenvalue weighted by Gasteiger charge is 2.55. The summed E-state index contributed by atoms with van der Waals surface area (Å²) in [6, 6.07) is 9.18. The third-order valence-corrected chi connectivity index (χ3v) is 7.72. The summed E-state index contributed by atoms with van der Waals surface area (Å²) in [6.07, 6.45) is -1.89. The van der Waals surface area contributed by atoms with Crippen LogP contribution in [0.1, 0.15) is 27.0 Å². The van der Waals surface area contributed by atoms with Crippen LogP contribution in [0.3, 0.4) is 0 Å². The van der Waals surface area contributed by atoms with E-state index in [-0.39, 0.29) is 18.5 Å². The first kappa shape index (κ1) is 28.2. The van der Waals surface area contributed by atoms with Gasteiger partial charge in [-0.1, -0.05) is 37.2 Å². The Bertz CT molecular complexity index is 1310. The van der Waals surface area contributed by atoms with Crippen molar-refractivity contribution < 1.29 is 33.0 Å². The maximum atomic E-state index is 13.8. The van der Waals surface area contributed by atoms with Gasteiger partial charge in [0.05, 0.1) is 31.4 Å². The number of nitrogens with zero attached hydrogens (tertiary/aromatic N) is 4. The lowest BCUT2D eigenvalue weighted by Crippen LogP contribution is -2.43. The average molecular weight is 537 g/mol. The van der Waals surface area contributed by atoms with Gasteiger partial charge in [0.25, 0.3) is 5.56 Å². The number of para-hydroxylation sites is 1. The maximum absolute atomic E-state index is 13.8. The van der Waals surface area contributed by atoms with Gasteiger partial charge in [-0.05, 0) is 24.6 Å². The summed E-state index contributed by atoms with van der Waals surface area (Å²) in [4.78, 5) is 40.8. The van der Waals surface area contributed by atoms with Crippen LogP contribution in [0.2, 0.25) is 0 Å². The summed E-state index contributed by atoms with van der Waals surface area (Å²) in [7, 11) is -4.14. The van der Waals surface area contributed by atoms with E-state index >= 15 is 0 Å². The van der Waals surface area contributed by atoms with E-state index in [1.54, 1.807) is 25.1 Å². The van der Waals surface area contributed by atoms with Crippen LogP contribution in [0.5, 0.6) is 5.75 Å². The average Bonchev–Trinajstić information content (AvgIpc) is 3.09. The zero-order chi connectivity index (χ0) is 27.2. The van der Waals surface area contributed by atoms with Gasteiger partial charge in [0.1, 0.15) is 12.0 Å². The van der Waals surface area contributed by atoms with Crippen LogP contribution in [-0.4, -0.2) is 51.8 Å². The number of carbonyl (C=O) groups excluding carboxylic acids is 1. The molecule has 0 saturated carbocycles. The molecule has 0 bridgehead atoms. The molecule has 0 spiro atoms. The molecule has 1 aromatic carbocycles. The molecule has 15 heteroatoms. The SMILES string of the molecule is CCOC(=O)[C@H](C)CP(=O)(OC[C@@]1(N=[N+]=[N-])O[C@@H](n2ccc(=O)[nH]c2=O)[C@@H](C)[C@@H]1O)Oc1ccccc1. The summed E-state index contributed by atoms with van der Waals surface area (Å²) in [5, 5.41) is 14.6. The van der Waals surface area contributed by atoms with Gasteiger partial charge in [0, 0.05) is 23.1 Å². The molecule has 1 aliphatic heterocycles. The lowest BCUT2D eigenvalue weighted by Gasteiger charge is -2.29. The number of hydrogen-bond acceptors (Lipinski definition) is 10. The molecule has 1 aromatic heterocycles. The first-order valence-corrected chi connectivity index (χ1v) is 13.2. The van der Waals surface area contributed by atoms with E-state index < -0.39 is 61.3 Å². The standard InChI is InChI=1S/C22H28N5O9P/c1-4-33-20(30)14(2)12-37(32,36-16-8-6-5-7-9-16)34-13-22(25-26-23)18(29)15(3)19(35-22)27-11-10-17(28)24-21(27)31/h5-11,14-15,18-19,29H,4,12-13H2,1-3H3,(H,24,28,31)/t14-,15+,18+,19-,22-,37?/m1/s1. The largest absolute Gasteiger partial charge is 0.466 e. The zero-order valence-electron chi connectivity index (χ0n) is 20.4. The van der Waals surface area contributed by atoms with E-state index in [2.05, 4.69) is 15.0 Å².